The Hall–Kier alpha value is -1.95. The Bertz CT molecular complexity index is 1030. The van der Waals surface area contributed by atoms with Crippen LogP contribution in [0.15, 0.2) is 23.8 Å². The van der Waals surface area contributed by atoms with Gasteiger partial charge < -0.3 is 9.47 Å². The van der Waals surface area contributed by atoms with E-state index in [0.29, 0.717) is 6.42 Å². The van der Waals surface area contributed by atoms with Crippen LogP contribution in [0.2, 0.25) is 0 Å². The highest BCUT2D eigenvalue weighted by molar-refractivity contribution is 6.21. The topological polar surface area (TPSA) is 86.7 Å². The van der Waals surface area contributed by atoms with Gasteiger partial charge in [-0.05, 0) is 55.6 Å². The molecule has 8 atom stereocenters. The Balaban J connectivity index is 1.77. The first-order valence-electron chi connectivity index (χ1n) is 13.3. The normalized spacial score (nSPS) is 41.2. The van der Waals surface area contributed by atoms with Gasteiger partial charge in [0.15, 0.2) is 18.0 Å². The number of hydrogen-bond donors (Lipinski definition) is 0. The van der Waals surface area contributed by atoms with Crippen molar-refractivity contribution in [3.8, 4) is 0 Å². The summed E-state index contributed by atoms with van der Waals surface area (Å²) in [5.41, 5.74) is -1.29. The van der Waals surface area contributed by atoms with Crippen LogP contribution in [0.3, 0.4) is 0 Å². The molecule has 0 saturated heterocycles. The minimum absolute atomic E-state index is 0.0222. The number of allylic oxidation sites excluding steroid dienone is 4. The Labute approximate surface area is 219 Å². The second kappa shape index (κ2) is 9.41. The molecule has 0 unspecified atom stereocenters. The van der Waals surface area contributed by atoms with Gasteiger partial charge in [0.1, 0.15) is 0 Å². The highest BCUT2D eigenvalue weighted by atomic mass is 35.5. The van der Waals surface area contributed by atoms with Gasteiger partial charge in [-0.3, -0.25) is 19.2 Å². The zero-order valence-corrected chi connectivity index (χ0v) is 23.0. The van der Waals surface area contributed by atoms with Crippen LogP contribution >= 0.6 is 11.6 Å². The first-order valence-corrected chi connectivity index (χ1v) is 13.8. The van der Waals surface area contributed by atoms with Crippen molar-refractivity contribution in [2.24, 2.45) is 40.4 Å². The molecule has 7 heteroatoms. The minimum Gasteiger partial charge on any atom is -0.457 e. The first kappa shape index (κ1) is 27.1. The number of hydrogen-bond acceptors (Lipinski definition) is 6. The van der Waals surface area contributed by atoms with E-state index in [-0.39, 0.29) is 52.5 Å². The third kappa shape index (κ3) is 3.90. The van der Waals surface area contributed by atoms with E-state index in [1.165, 1.54) is 0 Å². The van der Waals surface area contributed by atoms with E-state index in [4.69, 9.17) is 21.1 Å². The van der Waals surface area contributed by atoms with Crippen molar-refractivity contribution >= 4 is 35.1 Å². The van der Waals surface area contributed by atoms with Gasteiger partial charge in [0, 0.05) is 28.5 Å². The fraction of sp³-hybridized carbons (Fsp3) is 0.724. The summed E-state index contributed by atoms with van der Waals surface area (Å²) in [7, 11) is 0. The molecule has 0 aromatic rings. The number of carbonyl (C=O) groups excluding carboxylic acids is 4. The predicted molar refractivity (Wildman–Crippen MR) is 136 cm³/mol. The van der Waals surface area contributed by atoms with Crippen molar-refractivity contribution in [3.05, 3.63) is 23.8 Å². The smallest absolute Gasteiger partial charge is 0.309 e. The molecule has 198 valence electrons. The molecule has 0 spiro atoms. The lowest BCUT2D eigenvalue weighted by Crippen LogP contribution is -2.63. The summed E-state index contributed by atoms with van der Waals surface area (Å²) in [6.07, 6.45) is 8.51. The van der Waals surface area contributed by atoms with Gasteiger partial charge >= 0.3 is 11.9 Å². The molecule has 0 aromatic heterocycles. The number of rotatable bonds is 6. The number of fused-ring (bicyclic) bond motifs is 5. The van der Waals surface area contributed by atoms with E-state index in [0.717, 1.165) is 24.8 Å². The quantitative estimate of drug-likeness (QED) is 0.354. The summed E-state index contributed by atoms with van der Waals surface area (Å²) in [4.78, 5) is 51.0. The monoisotopic (exact) mass is 518 g/mol. The van der Waals surface area contributed by atoms with Crippen molar-refractivity contribution in [2.45, 2.75) is 84.6 Å². The number of ketones is 2. The molecule has 0 aromatic carbocycles. The Morgan fingerprint density at radius 1 is 1.22 bits per heavy atom. The van der Waals surface area contributed by atoms with Crippen LogP contribution in [0.25, 0.3) is 0 Å². The van der Waals surface area contributed by atoms with Gasteiger partial charge in [0.25, 0.3) is 0 Å². The summed E-state index contributed by atoms with van der Waals surface area (Å²) in [5, 5.41) is -0.281. The van der Waals surface area contributed by atoms with Gasteiger partial charge in [-0.1, -0.05) is 53.2 Å². The molecular weight excluding hydrogens is 480 g/mol. The summed E-state index contributed by atoms with van der Waals surface area (Å²) in [5.74, 6) is -1.46. The Morgan fingerprint density at radius 2 is 1.92 bits per heavy atom. The standard InChI is InChI=1S/C29H39ClO6/c1-7-24(33)35-15-23(32)29(36-26(34)16(2)3)17(4)12-21-20-9-8-18-13-19(31)10-11-27(18,5)25(20)22(30)14-28(21,29)6/h10-11,13,16-17,20-22,25H,7-9,12,14-15H2,1-6H3/t17-,20-,21-,22-,25+,27-,28-,29+/m0/s1. The van der Waals surface area contributed by atoms with Crippen LogP contribution in [0.4, 0.5) is 0 Å². The Morgan fingerprint density at radius 3 is 2.56 bits per heavy atom. The molecule has 4 aliphatic rings. The number of ether oxygens (including phenoxy) is 2. The van der Waals surface area contributed by atoms with Gasteiger partial charge in [-0.15, -0.1) is 11.6 Å². The molecule has 6 nitrogen and oxygen atoms in total. The second-order valence-corrected chi connectivity index (χ2v) is 12.6. The van der Waals surface area contributed by atoms with Gasteiger partial charge in [-0.2, -0.15) is 0 Å². The van der Waals surface area contributed by atoms with E-state index >= 15 is 0 Å². The van der Waals surface area contributed by atoms with Crippen molar-refractivity contribution < 1.29 is 28.7 Å². The largest absolute Gasteiger partial charge is 0.457 e. The second-order valence-electron chi connectivity index (χ2n) is 12.0. The van der Waals surface area contributed by atoms with E-state index in [1.807, 2.05) is 19.9 Å². The highest BCUT2D eigenvalue weighted by Gasteiger charge is 2.72. The molecule has 4 rings (SSSR count). The molecule has 4 aliphatic carbocycles. The molecule has 0 amide bonds. The maximum atomic E-state index is 14.0. The van der Waals surface area contributed by atoms with Crippen LogP contribution in [0, 0.1) is 40.4 Å². The van der Waals surface area contributed by atoms with E-state index in [1.54, 1.807) is 32.9 Å². The summed E-state index contributed by atoms with van der Waals surface area (Å²) < 4.78 is 11.5. The third-order valence-corrected chi connectivity index (χ3v) is 10.2. The molecular formula is C29H39ClO6. The van der Waals surface area contributed by atoms with E-state index in [9.17, 15) is 19.2 Å². The SMILES string of the molecule is CCC(=O)OCC(=O)[C@]1(OC(=O)C(C)C)[C@@H](C)C[C@H]2[C@@H]3CCC4=CC(=O)C=C[C@]4(C)[C@H]3[C@@H](Cl)C[C@@]21C. The average molecular weight is 519 g/mol. The lowest BCUT2D eigenvalue weighted by atomic mass is 9.47. The molecule has 0 N–H and O–H groups in total. The summed E-state index contributed by atoms with van der Waals surface area (Å²) in [6.45, 7) is 11.0. The zero-order valence-electron chi connectivity index (χ0n) is 22.3. The van der Waals surface area contributed by atoms with Crippen LogP contribution < -0.4 is 0 Å². The molecule has 3 saturated carbocycles. The molecule has 36 heavy (non-hydrogen) atoms. The number of alkyl halides is 1. The fourth-order valence-corrected chi connectivity index (χ4v) is 8.84. The minimum atomic E-state index is -1.42. The maximum Gasteiger partial charge on any atom is 0.309 e. The van der Waals surface area contributed by atoms with Gasteiger partial charge in [0.05, 0.1) is 5.92 Å². The lowest BCUT2D eigenvalue weighted by Gasteiger charge is -2.60. The summed E-state index contributed by atoms with van der Waals surface area (Å²) in [6, 6.07) is 0. The molecule has 0 aliphatic heterocycles. The summed E-state index contributed by atoms with van der Waals surface area (Å²) >= 11 is 7.24. The Kier molecular flexibility index (Phi) is 7.09. The fourth-order valence-electron chi connectivity index (χ4n) is 8.07. The molecule has 0 bridgehead atoms. The zero-order chi connectivity index (χ0) is 26.6. The lowest BCUT2D eigenvalue weighted by molar-refractivity contribution is -0.199. The van der Waals surface area contributed by atoms with E-state index < -0.39 is 35.5 Å². The number of esters is 2. The van der Waals surface area contributed by atoms with Gasteiger partial charge in [0.2, 0.25) is 5.78 Å². The van der Waals surface area contributed by atoms with Crippen LogP contribution in [-0.4, -0.2) is 41.1 Å². The van der Waals surface area contributed by atoms with Crippen LogP contribution in [-0.2, 0) is 28.7 Å². The highest BCUT2D eigenvalue weighted by Crippen LogP contribution is 2.70. The van der Waals surface area contributed by atoms with Crippen molar-refractivity contribution in [1.29, 1.82) is 0 Å². The van der Waals surface area contributed by atoms with Crippen molar-refractivity contribution in [2.75, 3.05) is 6.61 Å². The molecule has 0 heterocycles. The van der Waals surface area contributed by atoms with Crippen LogP contribution in [0.5, 0.6) is 0 Å². The average Bonchev–Trinajstić information content (AvgIpc) is 3.04. The van der Waals surface area contributed by atoms with Crippen LogP contribution in [0.1, 0.15) is 73.6 Å². The maximum absolute atomic E-state index is 14.0. The third-order valence-electron chi connectivity index (χ3n) is 9.80. The van der Waals surface area contributed by atoms with Crippen molar-refractivity contribution in [1.82, 2.24) is 0 Å². The van der Waals surface area contributed by atoms with Crippen molar-refractivity contribution in [3.63, 3.8) is 0 Å². The van der Waals surface area contributed by atoms with Gasteiger partial charge in [-0.25, -0.2) is 0 Å². The number of carbonyl (C=O) groups is 4. The number of Topliss-reactive ketones (excluding diaryl/α,β-unsaturated/α-hetero) is 1. The first-order chi connectivity index (χ1) is 16.8. The van der Waals surface area contributed by atoms with E-state index in [2.05, 4.69) is 6.92 Å². The molecule has 3 fully saturated rings. The molecule has 0 radical (unpaired) electrons. The number of halogens is 1. The predicted octanol–water partition coefficient (Wildman–Crippen LogP) is 5.22.